The van der Waals surface area contributed by atoms with E-state index in [0.717, 1.165) is 6.42 Å². The lowest BCUT2D eigenvalue weighted by Crippen LogP contribution is -2.35. The average Bonchev–Trinajstić information content (AvgIpc) is 2.01. The molecule has 0 saturated carbocycles. The fourth-order valence-electron chi connectivity index (χ4n) is 2.09. The number of nitrogens with one attached hydrogen (secondary N) is 1. The van der Waals surface area contributed by atoms with E-state index < -0.39 is 0 Å². The minimum atomic E-state index is 0.634. The summed E-state index contributed by atoms with van der Waals surface area (Å²) in [6.07, 6.45) is 2.46. The Morgan fingerprint density at radius 3 is 2.77 bits per heavy atom. The summed E-state index contributed by atoms with van der Waals surface area (Å²) < 4.78 is 0. The van der Waals surface area contributed by atoms with Crippen LogP contribution in [0.3, 0.4) is 0 Å². The van der Waals surface area contributed by atoms with Crippen molar-refractivity contribution < 1.29 is 0 Å². The molecule has 0 amide bonds. The summed E-state index contributed by atoms with van der Waals surface area (Å²) in [4.78, 5) is 0. The maximum absolute atomic E-state index is 3.46. The van der Waals surface area contributed by atoms with E-state index in [1.54, 1.807) is 5.56 Å². The summed E-state index contributed by atoms with van der Waals surface area (Å²) >= 11 is 0. The summed E-state index contributed by atoms with van der Waals surface area (Å²) in [5.74, 6) is 0. The Bertz CT molecular complexity index is 300. The lowest BCUT2D eigenvalue weighted by molar-refractivity contribution is 0.381. The molecule has 0 spiro atoms. The first-order chi connectivity index (χ1) is 6.33. The summed E-state index contributed by atoms with van der Waals surface area (Å²) in [6.45, 7) is 5.63. The van der Waals surface area contributed by atoms with Gasteiger partial charge in [0, 0.05) is 6.04 Å². The predicted octanol–water partition coefficient (Wildman–Crippen LogP) is 2.59. The molecule has 1 fully saturated rings. The Morgan fingerprint density at radius 2 is 2.23 bits per heavy atom. The SMILES string of the molecule is CCc1c(C)cccc1[C@H]1CCN1. The molecule has 1 nitrogen and oxygen atoms in total. The zero-order valence-electron chi connectivity index (χ0n) is 8.43. The fraction of sp³-hybridized carbons (Fsp3) is 0.500. The van der Waals surface area contributed by atoms with Crippen LogP contribution in [-0.2, 0) is 6.42 Å². The molecule has 1 aromatic carbocycles. The van der Waals surface area contributed by atoms with E-state index in [1.165, 1.54) is 24.1 Å². The van der Waals surface area contributed by atoms with E-state index in [-0.39, 0.29) is 0 Å². The molecule has 1 aliphatic heterocycles. The first-order valence-electron chi connectivity index (χ1n) is 5.14. The van der Waals surface area contributed by atoms with Gasteiger partial charge in [-0.3, -0.25) is 0 Å². The van der Waals surface area contributed by atoms with Crippen LogP contribution >= 0.6 is 0 Å². The van der Waals surface area contributed by atoms with Gasteiger partial charge in [0.25, 0.3) is 0 Å². The third-order valence-electron chi connectivity index (χ3n) is 3.00. The molecule has 0 unspecified atom stereocenters. The van der Waals surface area contributed by atoms with Crippen molar-refractivity contribution in [1.82, 2.24) is 5.32 Å². The van der Waals surface area contributed by atoms with Crippen LogP contribution < -0.4 is 5.32 Å². The Morgan fingerprint density at radius 1 is 1.46 bits per heavy atom. The van der Waals surface area contributed by atoms with Gasteiger partial charge in [0.1, 0.15) is 0 Å². The van der Waals surface area contributed by atoms with Crippen molar-refractivity contribution in [3.63, 3.8) is 0 Å². The van der Waals surface area contributed by atoms with Crippen LogP contribution in [0.5, 0.6) is 0 Å². The van der Waals surface area contributed by atoms with E-state index >= 15 is 0 Å². The maximum Gasteiger partial charge on any atom is 0.0335 e. The highest BCUT2D eigenvalue weighted by Gasteiger charge is 2.20. The molecule has 0 aromatic heterocycles. The molecule has 0 bridgehead atoms. The van der Waals surface area contributed by atoms with E-state index in [0.29, 0.717) is 6.04 Å². The second kappa shape index (κ2) is 3.51. The molecule has 1 heterocycles. The number of benzene rings is 1. The van der Waals surface area contributed by atoms with Gasteiger partial charge in [-0.2, -0.15) is 0 Å². The van der Waals surface area contributed by atoms with Gasteiger partial charge in [-0.05, 0) is 43.0 Å². The molecular weight excluding hydrogens is 158 g/mol. The van der Waals surface area contributed by atoms with Crippen LogP contribution in [0.4, 0.5) is 0 Å². The summed E-state index contributed by atoms with van der Waals surface area (Å²) in [5.41, 5.74) is 4.50. The molecule has 2 rings (SSSR count). The van der Waals surface area contributed by atoms with E-state index in [2.05, 4.69) is 37.4 Å². The summed E-state index contributed by atoms with van der Waals surface area (Å²) in [5, 5.41) is 3.46. The van der Waals surface area contributed by atoms with E-state index in [9.17, 15) is 0 Å². The van der Waals surface area contributed by atoms with Crippen molar-refractivity contribution in [2.75, 3.05) is 6.54 Å². The van der Waals surface area contributed by atoms with Crippen molar-refractivity contribution in [3.05, 3.63) is 34.9 Å². The number of rotatable bonds is 2. The Balaban J connectivity index is 2.37. The van der Waals surface area contributed by atoms with Crippen LogP contribution in [0.15, 0.2) is 18.2 Å². The summed E-state index contributed by atoms with van der Waals surface area (Å²) in [6, 6.07) is 7.28. The molecular formula is C12H17N. The second-order valence-electron chi connectivity index (χ2n) is 3.79. The zero-order valence-corrected chi connectivity index (χ0v) is 8.43. The molecule has 1 aliphatic rings. The third-order valence-corrected chi connectivity index (χ3v) is 3.00. The van der Waals surface area contributed by atoms with E-state index in [4.69, 9.17) is 0 Å². The second-order valence-corrected chi connectivity index (χ2v) is 3.79. The predicted molar refractivity (Wildman–Crippen MR) is 55.9 cm³/mol. The molecule has 1 N–H and O–H groups in total. The van der Waals surface area contributed by atoms with Gasteiger partial charge in [-0.1, -0.05) is 25.1 Å². The van der Waals surface area contributed by atoms with Gasteiger partial charge in [0.15, 0.2) is 0 Å². The normalized spacial score (nSPS) is 21.2. The topological polar surface area (TPSA) is 12.0 Å². The van der Waals surface area contributed by atoms with Crippen molar-refractivity contribution in [1.29, 1.82) is 0 Å². The molecule has 1 aromatic rings. The Hall–Kier alpha value is -0.820. The monoisotopic (exact) mass is 175 g/mol. The molecule has 13 heavy (non-hydrogen) atoms. The van der Waals surface area contributed by atoms with Crippen LogP contribution in [0.2, 0.25) is 0 Å². The molecule has 0 radical (unpaired) electrons. The number of aryl methyl sites for hydroxylation is 1. The number of hydrogen-bond acceptors (Lipinski definition) is 1. The lowest BCUT2D eigenvalue weighted by atomic mass is 9.90. The zero-order chi connectivity index (χ0) is 9.26. The van der Waals surface area contributed by atoms with Crippen LogP contribution in [0.25, 0.3) is 0 Å². The molecule has 0 aliphatic carbocycles. The van der Waals surface area contributed by atoms with Crippen LogP contribution in [0, 0.1) is 6.92 Å². The lowest BCUT2D eigenvalue weighted by Gasteiger charge is -2.30. The quantitative estimate of drug-likeness (QED) is 0.728. The smallest absolute Gasteiger partial charge is 0.0335 e. The van der Waals surface area contributed by atoms with Gasteiger partial charge in [0.05, 0.1) is 0 Å². The first-order valence-corrected chi connectivity index (χ1v) is 5.14. The standard InChI is InChI=1S/C12H17N/c1-3-10-9(2)5-4-6-11(10)12-7-8-13-12/h4-6,12-13H,3,7-8H2,1-2H3/t12-/m1/s1. The fourth-order valence-corrected chi connectivity index (χ4v) is 2.09. The minimum absolute atomic E-state index is 0.634. The molecule has 1 atom stereocenters. The van der Waals surface area contributed by atoms with Gasteiger partial charge in [-0.15, -0.1) is 0 Å². The van der Waals surface area contributed by atoms with Crippen LogP contribution in [0.1, 0.15) is 36.1 Å². The van der Waals surface area contributed by atoms with Crippen molar-refractivity contribution >= 4 is 0 Å². The molecule has 1 saturated heterocycles. The van der Waals surface area contributed by atoms with Crippen LogP contribution in [-0.4, -0.2) is 6.54 Å². The third kappa shape index (κ3) is 1.49. The Labute approximate surface area is 80.2 Å². The largest absolute Gasteiger partial charge is 0.310 e. The van der Waals surface area contributed by atoms with Gasteiger partial charge >= 0.3 is 0 Å². The van der Waals surface area contributed by atoms with Crippen molar-refractivity contribution in [2.24, 2.45) is 0 Å². The van der Waals surface area contributed by atoms with Gasteiger partial charge in [-0.25, -0.2) is 0 Å². The minimum Gasteiger partial charge on any atom is -0.310 e. The summed E-state index contributed by atoms with van der Waals surface area (Å²) in [7, 11) is 0. The molecule has 70 valence electrons. The van der Waals surface area contributed by atoms with Crippen molar-refractivity contribution in [2.45, 2.75) is 32.7 Å². The highest BCUT2D eigenvalue weighted by Crippen LogP contribution is 2.27. The highest BCUT2D eigenvalue weighted by molar-refractivity contribution is 5.37. The van der Waals surface area contributed by atoms with E-state index in [1.807, 2.05) is 0 Å². The van der Waals surface area contributed by atoms with Gasteiger partial charge in [0.2, 0.25) is 0 Å². The Kier molecular flexibility index (Phi) is 2.36. The highest BCUT2D eigenvalue weighted by atomic mass is 15.0. The maximum atomic E-state index is 3.46. The van der Waals surface area contributed by atoms with Crippen molar-refractivity contribution in [3.8, 4) is 0 Å². The number of hydrogen-bond donors (Lipinski definition) is 1. The van der Waals surface area contributed by atoms with Gasteiger partial charge < -0.3 is 5.32 Å². The first kappa shape index (κ1) is 8.76. The average molecular weight is 175 g/mol. The molecule has 1 heteroatoms.